The molecule has 3 aliphatic rings. The number of rotatable bonds is 7. The number of carbonyl (C=O) groups is 1. The van der Waals surface area contributed by atoms with Gasteiger partial charge in [0.25, 0.3) is 0 Å². The Labute approximate surface area is 204 Å². The zero-order valence-electron chi connectivity index (χ0n) is 20.8. The first-order valence-corrected chi connectivity index (χ1v) is 13.2. The van der Waals surface area contributed by atoms with Crippen molar-refractivity contribution in [3.05, 3.63) is 53.9 Å². The van der Waals surface area contributed by atoms with Crippen LogP contribution in [0, 0.1) is 11.3 Å². The molecular formula is C28H39N5O. The van der Waals surface area contributed by atoms with E-state index in [0.29, 0.717) is 17.9 Å². The van der Waals surface area contributed by atoms with Crippen molar-refractivity contribution in [1.29, 1.82) is 0 Å². The average Bonchev–Trinajstić information content (AvgIpc) is 3.46. The highest BCUT2D eigenvalue weighted by atomic mass is 16.2. The fraction of sp³-hybridized carbons (Fsp3) is 0.607. The number of anilines is 1. The summed E-state index contributed by atoms with van der Waals surface area (Å²) in [6, 6.07) is 13.0. The number of aromatic nitrogens is 2. The summed E-state index contributed by atoms with van der Waals surface area (Å²) in [6.07, 6.45) is 8.23. The molecule has 4 heterocycles. The van der Waals surface area contributed by atoms with Gasteiger partial charge >= 0.3 is 0 Å². The highest BCUT2D eigenvalue weighted by Gasteiger charge is 2.52. The van der Waals surface area contributed by atoms with Crippen LogP contribution in [0.3, 0.4) is 0 Å². The predicted molar refractivity (Wildman–Crippen MR) is 136 cm³/mol. The van der Waals surface area contributed by atoms with E-state index in [-0.39, 0.29) is 5.41 Å². The molecule has 3 saturated heterocycles. The van der Waals surface area contributed by atoms with Crippen molar-refractivity contribution < 1.29 is 4.79 Å². The molecule has 0 bridgehead atoms. The summed E-state index contributed by atoms with van der Waals surface area (Å²) in [4.78, 5) is 30.1. The normalized spacial score (nSPS) is 22.9. The zero-order valence-corrected chi connectivity index (χ0v) is 20.8. The predicted octanol–water partition coefficient (Wildman–Crippen LogP) is 4.16. The van der Waals surface area contributed by atoms with Crippen LogP contribution in [0.1, 0.15) is 57.2 Å². The molecule has 0 N–H and O–H groups in total. The lowest BCUT2D eigenvalue weighted by atomic mass is 9.75. The first-order chi connectivity index (χ1) is 16.5. The molecule has 1 amide bonds. The average molecular weight is 462 g/mol. The number of hydrogen-bond donors (Lipinski definition) is 0. The topological polar surface area (TPSA) is 52.6 Å². The van der Waals surface area contributed by atoms with Crippen LogP contribution in [0.5, 0.6) is 0 Å². The van der Waals surface area contributed by atoms with Gasteiger partial charge in [0.2, 0.25) is 11.9 Å². The van der Waals surface area contributed by atoms with E-state index in [9.17, 15) is 4.79 Å². The first kappa shape index (κ1) is 23.3. The van der Waals surface area contributed by atoms with Gasteiger partial charge in [-0.25, -0.2) is 9.97 Å². The maximum absolute atomic E-state index is 13.8. The van der Waals surface area contributed by atoms with Crippen molar-refractivity contribution in [3.8, 4) is 0 Å². The number of likely N-dealkylation sites (tertiary alicyclic amines) is 2. The van der Waals surface area contributed by atoms with E-state index in [1.807, 2.05) is 12.3 Å². The smallest absolute Gasteiger partial charge is 0.229 e. The molecule has 1 aromatic carbocycles. The highest BCUT2D eigenvalue weighted by molar-refractivity contribution is 5.85. The second-order valence-corrected chi connectivity index (χ2v) is 11.0. The molecule has 34 heavy (non-hydrogen) atoms. The second kappa shape index (κ2) is 10.0. The van der Waals surface area contributed by atoms with Crippen LogP contribution >= 0.6 is 0 Å². The largest absolute Gasteiger partial charge is 0.341 e. The van der Waals surface area contributed by atoms with Gasteiger partial charge < -0.3 is 9.80 Å². The van der Waals surface area contributed by atoms with Gasteiger partial charge in [0, 0.05) is 38.4 Å². The van der Waals surface area contributed by atoms with Gasteiger partial charge in [0.05, 0.1) is 11.1 Å². The third kappa shape index (κ3) is 4.97. The maximum Gasteiger partial charge on any atom is 0.229 e. The molecule has 2 aromatic rings. The van der Waals surface area contributed by atoms with E-state index in [2.05, 4.69) is 63.9 Å². The minimum absolute atomic E-state index is 0.183. The maximum atomic E-state index is 13.8. The summed E-state index contributed by atoms with van der Waals surface area (Å²) in [5, 5.41) is 0. The monoisotopic (exact) mass is 461 g/mol. The number of benzene rings is 1. The Kier molecular flexibility index (Phi) is 6.87. The van der Waals surface area contributed by atoms with Crippen LogP contribution in [0.15, 0.2) is 42.6 Å². The summed E-state index contributed by atoms with van der Waals surface area (Å²) in [7, 11) is 0. The number of amides is 1. The molecular weight excluding hydrogens is 422 g/mol. The lowest BCUT2D eigenvalue weighted by Gasteiger charge is -2.38. The molecule has 182 valence electrons. The third-order valence-electron chi connectivity index (χ3n) is 7.95. The van der Waals surface area contributed by atoms with Gasteiger partial charge in [0.1, 0.15) is 0 Å². The summed E-state index contributed by atoms with van der Waals surface area (Å²) in [5.74, 6) is 1.77. The summed E-state index contributed by atoms with van der Waals surface area (Å²) in [5.41, 5.74) is 2.24. The number of carbonyl (C=O) groups excluding carboxylic acids is 1. The Balaban J connectivity index is 1.24. The van der Waals surface area contributed by atoms with E-state index in [4.69, 9.17) is 4.98 Å². The molecule has 1 atom stereocenters. The van der Waals surface area contributed by atoms with Crippen LogP contribution in [0.4, 0.5) is 5.95 Å². The number of nitrogens with zero attached hydrogens (tertiary/aromatic N) is 5. The quantitative estimate of drug-likeness (QED) is 0.620. The number of hydrogen-bond acceptors (Lipinski definition) is 5. The van der Waals surface area contributed by atoms with Crippen LogP contribution < -0.4 is 4.90 Å². The molecule has 0 unspecified atom stereocenters. The van der Waals surface area contributed by atoms with E-state index in [0.717, 1.165) is 76.6 Å². The fourth-order valence-electron chi connectivity index (χ4n) is 6.14. The van der Waals surface area contributed by atoms with Gasteiger partial charge in [-0.1, -0.05) is 44.2 Å². The van der Waals surface area contributed by atoms with Crippen LogP contribution in [0.2, 0.25) is 0 Å². The van der Waals surface area contributed by atoms with Crippen LogP contribution in [-0.4, -0.2) is 64.4 Å². The number of piperidine rings is 1. The fourth-order valence-corrected chi connectivity index (χ4v) is 6.14. The third-order valence-corrected chi connectivity index (χ3v) is 7.95. The molecule has 3 aliphatic heterocycles. The Morgan fingerprint density at radius 1 is 1.03 bits per heavy atom. The highest BCUT2D eigenvalue weighted by Crippen LogP contribution is 2.45. The minimum atomic E-state index is -0.183. The van der Waals surface area contributed by atoms with Gasteiger partial charge in [-0.3, -0.25) is 9.69 Å². The van der Waals surface area contributed by atoms with E-state index >= 15 is 0 Å². The lowest BCUT2D eigenvalue weighted by Crippen LogP contribution is -2.45. The van der Waals surface area contributed by atoms with Crippen molar-refractivity contribution in [2.45, 2.75) is 65.0 Å². The van der Waals surface area contributed by atoms with Gasteiger partial charge in [-0.05, 0) is 69.2 Å². The Morgan fingerprint density at radius 3 is 2.47 bits per heavy atom. The molecule has 0 saturated carbocycles. The van der Waals surface area contributed by atoms with Crippen molar-refractivity contribution >= 4 is 11.9 Å². The molecule has 6 heteroatoms. The Morgan fingerprint density at radius 2 is 1.76 bits per heavy atom. The first-order valence-electron chi connectivity index (χ1n) is 13.2. The van der Waals surface area contributed by atoms with Gasteiger partial charge in [-0.15, -0.1) is 0 Å². The van der Waals surface area contributed by atoms with Crippen molar-refractivity contribution in [2.75, 3.05) is 37.6 Å². The summed E-state index contributed by atoms with van der Waals surface area (Å²) in [6.45, 7) is 10.2. The van der Waals surface area contributed by atoms with Crippen molar-refractivity contribution in [1.82, 2.24) is 19.8 Å². The standard InChI is InChI=1S/C28H39N5O/c1-22(2)20-33-25(18-23-8-4-3-5-9-23)19-28(26(33)34)11-16-31(17-12-28)21-24-10-13-29-27(30-24)32-14-6-7-15-32/h3-5,8-10,13,22,25H,6-7,11-12,14-21H2,1-2H3/t25-/m0/s1. The van der Waals surface area contributed by atoms with Crippen LogP contribution in [0.25, 0.3) is 0 Å². The molecule has 0 aliphatic carbocycles. The molecule has 6 nitrogen and oxygen atoms in total. The van der Waals surface area contributed by atoms with Crippen molar-refractivity contribution in [2.24, 2.45) is 11.3 Å². The van der Waals surface area contributed by atoms with E-state index in [1.165, 1.54) is 18.4 Å². The molecule has 1 aromatic heterocycles. The van der Waals surface area contributed by atoms with Gasteiger partial charge in [0.15, 0.2) is 0 Å². The van der Waals surface area contributed by atoms with Crippen LogP contribution in [-0.2, 0) is 17.8 Å². The molecule has 1 spiro atoms. The SMILES string of the molecule is CC(C)CN1C(=O)C2(CCN(Cc3ccnc(N4CCCC4)n3)CC2)C[C@@H]1Cc1ccccc1. The summed E-state index contributed by atoms with van der Waals surface area (Å²) < 4.78 is 0. The van der Waals surface area contributed by atoms with Crippen molar-refractivity contribution in [3.63, 3.8) is 0 Å². The lowest BCUT2D eigenvalue weighted by molar-refractivity contribution is -0.139. The zero-order chi connectivity index (χ0) is 23.5. The molecule has 0 radical (unpaired) electrons. The Bertz CT molecular complexity index is 964. The second-order valence-electron chi connectivity index (χ2n) is 11.0. The van der Waals surface area contributed by atoms with E-state index < -0.39 is 0 Å². The molecule has 3 fully saturated rings. The molecule has 5 rings (SSSR count). The Hall–Kier alpha value is -2.47. The van der Waals surface area contributed by atoms with Gasteiger partial charge in [-0.2, -0.15) is 0 Å². The minimum Gasteiger partial charge on any atom is -0.341 e. The summed E-state index contributed by atoms with van der Waals surface area (Å²) >= 11 is 0. The van der Waals surface area contributed by atoms with E-state index in [1.54, 1.807) is 0 Å².